The molecule has 0 bridgehead atoms. The molecule has 0 saturated carbocycles. The third kappa shape index (κ3) is 3.67. The maximum atomic E-state index is 12.0. The molecule has 0 atom stereocenters. The molecule has 7 heteroatoms. The molecule has 0 radical (unpaired) electrons. The first kappa shape index (κ1) is 16.5. The van der Waals surface area contributed by atoms with E-state index in [1.807, 2.05) is 0 Å². The van der Waals surface area contributed by atoms with Crippen LogP contribution in [0.4, 0.5) is 0 Å². The van der Waals surface area contributed by atoms with Gasteiger partial charge in [-0.2, -0.15) is 9.78 Å². The van der Waals surface area contributed by atoms with Gasteiger partial charge in [0.2, 0.25) is 0 Å². The largest absolute Gasteiger partial charge is 0.352 e. The van der Waals surface area contributed by atoms with E-state index in [1.165, 1.54) is 6.20 Å². The van der Waals surface area contributed by atoms with Gasteiger partial charge in [-0.25, -0.2) is 0 Å². The smallest absolute Gasteiger partial charge is 0.291 e. The maximum absolute atomic E-state index is 12.0. The minimum atomic E-state index is -0.505. The van der Waals surface area contributed by atoms with Gasteiger partial charge in [-0.3, -0.25) is 9.59 Å². The number of halogens is 2. The number of hydrogen-bond acceptors (Lipinski definition) is 3. The number of benzene rings is 1. The minimum Gasteiger partial charge on any atom is -0.352 e. The molecular formula is C15H15Cl2N3O2. The monoisotopic (exact) mass is 339 g/mol. The number of aromatic nitrogens is 2. The van der Waals surface area contributed by atoms with Crippen molar-refractivity contribution in [2.75, 3.05) is 6.54 Å². The van der Waals surface area contributed by atoms with E-state index >= 15 is 0 Å². The van der Waals surface area contributed by atoms with Crippen LogP contribution in [0.25, 0.3) is 5.69 Å². The molecule has 0 unspecified atom stereocenters. The van der Waals surface area contributed by atoms with Crippen molar-refractivity contribution in [3.8, 4) is 5.69 Å². The second-order valence-corrected chi connectivity index (χ2v) is 5.46. The second kappa shape index (κ2) is 7.42. The fraction of sp³-hybridized carbons (Fsp3) is 0.267. The Balaban J connectivity index is 2.21. The minimum absolute atomic E-state index is 0.0851. The molecule has 0 saturated heterocycles. The average Bonchev–Trinajstić information content (AvgIpc) is 2.53. The van der Waals surface area contributed by atoms with Gasteiger partial charge in [0.1, 0.15) is 5.02 Å². The van der Waals surface area contributed by atoms with E-state index in [4.69, 9.17) is 23.2 Å². The molecule has 116 valence electrons. The van der Waals surface area contributed by atoms with Crippen LogP contribution in [0.2, 0.25) is 10.0 Å². The van der Waals surface area contributed by atoms with E-state index in [2.05, 4.69) is 17.3 Å². The Labute approximate surface area is 137 Å². The molecule has 1 amide bonds. The van der Waals surface area contributed by atoms with Crippen molar-refractivity contribution >= 4 is 29.1 Å². The van der Waals surface area contributed by atoms with Crippen molar-refractivity contribution in [2.45, 2.75) is 19.8 Å². The van der Waals surface area contributed by atoms with Gasteiger partial charge in [-0.15, -0.1) is 0 Å². The van der Waals surface area contributed by atoms with Crippen LogP contribution in [0, 0.1) is 0 Å². The number of amides is 1. The molecule has 1 aromatic heterocycles. The van der Waals surface area contributed by atoms with Crippen molar-refractivity contribution < 1.29 is 4.79 Å². The predicted molar refractivity (Wildman–Crippen MR) is 87.1 cm³/mol. The van der Waals surface area contributed by atoms with Gasteiger partial charge in [0.05, 0.1) is 16.9 Å². The quantitative estimate of drug-likeness (QED) is 0.851. The van der Waals surface area contributed by atoms with Crippen LogP contribution < -0.4 is 10.9 Å². The Hall–Kier alpha value is -1.85. The molecule has 0 aliphatic rings. The fourth-order valence-corrected chi connectivity index (χ4v) is 2.08. The Kier molecular flexibility index (Phi) is 5.57. The zero-order valence-electron chi connectivity index (χ0n) is 12.0. The summed E-state index contributed by atoms with van der Waals surface area (Å²) in [5.74, 6) is -0.144. The predicted octanol–water partition coefficient (Wildman–Crippen LogP) is 3.07. The molecule has 0 aliphatic carbocycles. The Morgan fingerprint density at radius 3 is 2.59 bits per heavy atom. The molecular weight excluding hydrogens is 325 g/mol. The van der Waals surface area contributed by atoms with Gasteiger partial charge >= 0.3 is 0 Å². The standard InChI is InChI=1S/C15H15Cl2N3O2/c1-2-3-8-18-14(21)10-4-6-11(7-5-10)20-15(22)13(17)12(16)9-19-20/h4-7,9H,2-3,8H2,1H3,(H,18,21). The molecule has 1 N–H and O–H groups in total. The highest BCUT2D eigenvalue weighted by Gasteiger charge is 2.10. The summed E-state index contributed by atoms with van der Waals surface area (Å²) in [5, 5.41) is 6.78. The van der Waals surface area contributed by atoms with E-state index in [0.717, 1.165) is 17.5 Å². The van der Waals surface area contributed by atoms with Crippen molar-refractivity contribution in [3.63, 3.8) is 0 Å². The van der Waals surface area contributed by atoms with Gasteiger partial charge in [-0.05, 0) is 30.7 Å². The first-order valence-electron chi connectivity index (χ1n) is 6.86. The number of nitrogens with zero attached hydrogens (tertiary/aromatic N) is 2. The van der Waals surface area contributed by atoms with Crippen molar-refractivity contribution in [1.29, 1.82) is 0 Å². The Morgan fingerprint density at radius 1 is 1.27 bits per heavy atom. The lowest BCUT2D eigenvalue weighted by Crippen LogP contribution is -2.24. The average molecular weight is 340 g/mol. The first-order chi connectivity index (χ1) is 10.5. The lowest BCUT2D eigenvalue weighted by molar-refractivity contribution is 0.0953. The van der Waals surface area contributed by atoms with Gasteiger partial charge in [-0.1, -0.05) is 36.5 Å². The van der Waals surface area contributed by atoms with Crippen LogP contribution in [-0.4, -0.2) is 22.2 Å². The van der Waals surface area contributed by atoms with Crippen molar-refractivity contribution in [1.82, 2.24) is 15.1 Å². The van der Waals surface area contributed by atoms with Crippen LogP contribution >= 0.6 is 23.2 Å². The van der Waals surface area contributed by atoms with E-state index in [9.17, 15) is 9.59 Å². The second-order valence-electron chi connectivity index (χ2n) is 4.68. The lowest BCUT2D eigenvalue weighted by Gasteiger charge is -2.07. The highest BCUT2D eigenvalue weighted by molar-refractivity contribution is 6.41. The molecule has 1 aromatic carbocycles. The van der Waals surface area contributed by atoms with E-state index in [-0.39, 0.29) is 16.0 Å². The summed E-state index contributed by atoms with van der Waals surface area (Å²) in [4.78, 5) is 23.9. The number of nitrogens with one attached hydrogen (secondary N) is 1. The number of unbranched alkanes of at least 4 members (excludes halogenated alkanes) is 1. The number of rotatable bonds is 5. The van der Waals surface area contributed by atoms with Gasteiger partial charge < -0.3 is 5.32 Å². The zero-order chi connectivity index (χ0) is 16.1. The normalized spacial score (nSPS) is 10.5. The molecule has 5 nitrogen and oxygen atoms in total. The molecule has 22 heavy (non-hydrogen) atoms. The molecule has 2 rings (SSSR count). The Morgan fingerprint density at radius 2 is 1.95 bits per heavy atom. The van der Waals surface area contributed by atoms with E-state index in [0.29, 0.717) is 17.8 Å². The summed E-state index contributed by atoms with van der Waals surface area (Å²) < 4.78 is 1.13. The van der Waals surface area contributed by atoms with E-state index in [1.54, 1.807) is 24.3 Å². The molecule has 0 fully saturated rings. The Bertz CT molecular complexity index is 727. The summed E-state index contributed by atoms with van der Waals surface area (Å²) in [7, 11) is 0. The molecule has 1 heterocycles. The number of carbonyl (C=O) groups excluding carboxylic acids is 1. The highest BCUT2D eigenvalue weighted by Crippen LogP contribution is 2.16. The van der Waals surface area contributed by atoms with Crippen molar-refractivity contribution in [3.05, 3.63) is 56.4 Å². The van der Waals surface area contributed by atoms with Crippen LogP contribution in [0.3, 0.4) is 0 Å². The molecule has 0 aliphatic heterocycles. The highest BCUT2D eigenvalue weighted by atomic mass is 35.5. The number of hydrogen-bond donors (Lipinski definition) is 1. The van der Waals surface area contributed by atoms with Crippen LogP contribution in [0.1, 0.15) is 30.1 Å². The van der Waals surface area contributed by atoms with Crippen LogP contribution in [0.5, 0.6) is 0 Å². The van der Waals surface area contributed by atoms with Gasteiger partial charge in [0, 0.05) is 12.1 Å². The van der Waals surface area contributed by atoms with Crippen LogP contribution in [0.15, 0.2) is 35.3 Å². The summed E-state index contributed by atoms with van der Waals surface area (Å²) in [5.41, 5.74) is 0.524. The summed E-state index contributed by atoms with van der Waals surface area (Å²) in [6.07, 6.45) is 3.26. The zero-order valence-corrected chi connectivity index (χ0v) is 13.5. The summed E-state index contributed by atoms with van der Waals surface area (Å²) in [6, 6.07) is 6.53. The summed E-state index contributed by atoms with van der Waals surface area (Å²) >= 11 is 11.6. The van der Waals surface area contributed by atoms with E-state index < -0.39 is 5.56 Å². The lowest BCUT2D eigenvalue weighted by atomic mass is 10.2. The third-order valence-electron chi connectivity index (χ3n) is 3.07. The van der Waals surface area contributed by atoms with Gasteiger partial charge in [0.15, 0.2) is 0 Å². The topological polar surface area (TPSA) is 64.0 Å². The third-order valence-corrected chi connectivity index (χ3v) is 3.81. The van der Waals surface area contributed by atoms with Crippen molar-refractivity contribution in [2.24, 2.45) is 0 Å². The fourth-order valence-electron chi connectivity index (χ4n) is 1.83. The first-order valence-corrected chi connectivity index (χ1v) is 7.62. The van der Waals surface area contributed by atoms with Gasteiger partial charge in [0.25, 0.3) is 11.5 Å². The molecule has 0 spiro atoms. The molecule has 2 aromatic rings. The van der Waals surface area contributed by atoms with Crippen LogP contribution in [-0.2, 0) is 0 Å². The summed E-state index contributed by atoms with van der Waals surface area (Å²) in [6.45, 7) is 2.70. The maximum Gasteiger partial charge on any atom is 0.291 e. The SMILES string of the molecule is CCCCNC(=O)c1ccc(-n2ncc(Cl)c(Cl)c2=O)cc1. The number of carbonyl (C=O) groups is 1.